The van der Waals surface area contributed by atoms with Gasteiger partial charge in [0.05, 0.1) is 9.76 Å². The van der Waals surface area contributed by atoms with Crippen molar-refractivity contribution in [3.05, 3.63) is 0 Å². The van der Waals surface area contributed by atoms with Gasteiger partial charge in [0.25, 0.3) is 0 Å². The molecule has 0 aliphatic heterocycles. The molecule has 0 aromatic rings. The van der Waals surface area contributed by atoms with E-state index in [2.05, 4.69) is 26.6 Å². The molecule has 4 nitrogen and oxygen atoms in total. The van der Waals surface area contributed by atoms with Gasteiger partial charge in [0.15, 0.2) is 0 Å². The van der Waals surface area contributed by atoms with E-state index in [0.29, 0.717) is 16.3 Å². The molecule has 84 valence electrons. The summed E-state index contributed by atoms with van der Waals surface area (Å²) in [5, 5.41) is 5.66. The second-order valence-electron chi connectivity index (χ2n) is 2.17. The number of alkyl halides is 2. The van der Waals surface area contributed by atoms with Gasteiger partial charge in [0, 0.05) is 13.1 Å². The van der Waals surface area contributed by atoms with Gasteiger partial charge >= 0.3 is 0 Å². The minimum Gasteiger partial charge on any atom is -0.356 e. The van der Waals surface area contributed by atoms with Gasteiger partial charge in [0.1, 0.15) is 0 Å². The zero-order chi connectivity index (χ0) is 11.4. The quantitative estimate of drug-likeness (QED) is 0.568. The van der Waals surface area contributed by atoms with Crippen LogP contribution in [0.15, 0.2) is 0 Å². The maximum atomic E-state index is 10.3. The van der Waals surface area contributed by atoms with Gasteiger partial charge in [-0.25, -0.2) is 0 Å². The maximum Gasteiger partial charge on any atom is 0.230 e. The molecule has 0 spiro atoms. The number of rotatable bonds is 4. The number of hydrogen-bond acceptors (Lipinski definition) is 2. The highest BCUT2D eigenvalue weighted by Gasteiger charge is 1.90. The van der Waals surface area contributed by atoms with Crippen LogP contribution >= 0.6 is 38.5 Å². The number of carbonyl (C=O) groups is 2. The van der Waals surface area contributed by atoms with Crippen molar-refractivity contribution in [2.45, 2.75) is 13.8 Å². The lowest BCUT2D eigenvalue weighted by Gasteiger charge is -1.92. The summed E-state index contributed by atoms with van der Waals surface area (Å²) in [6, 6.07) is 0. The number of hydrogen-bond donors (Lipinski definition) is 2. The van der Waals surface area contributed by atoms with E-state index in [1.165, 1.54) is 0 Å². The van der Waals surface area contributed by atoms with Crippen molar-refractivity contribution < 1.29 is 9.59 Å². The van der Waals surface area contributed by atoms with Gasteiger partial charge in [-0.15, -0.1) is 0 Å². The van der Waals surface area contributed by atoms with E-state index in [-0.39, 0.29) is 11.8 Å². The Morgan fingerprint density at radius 2 is 1.57 bits per heavy atom. The zero-order valence-corrected chi connectivity index (χ0v) is 12.1. The third-order valence-electron chi connectivity index (χ3n) is 0.991. The third-order valence-corrected chi connectivity index (χ3v) is 2.19. The van der Waals surface area contributed by atoms with Crippen LogP contribution in [0.4, 0.5) is 0 Å². The Hall–Kier alpha value is 0.150. The molecular weight excluding hydrogens is 363 g/mol. The topological polar surface area (TPSA) is 58.2 Å². The van der Waals surface area contributed by atoms with Crippen LogP contribution in [0.2, 0.25) is 0 Å². The number of halogens is 2. The molecule has 0 bridgehead atoms. The molecule has 0 aromatic heterocycles. The maximum absolute atomic E-state index is 10.3. The summed E-state index contributed by atoms with van der Waals surface area (Å²) >= 11 is 5.03. The van der Waals surface area contributed by atoms with E-state index < -0.39 is 0 Å². The van der Waals surface area contributed by atoms with Crippen LogP contribution in [0, 0.1) is 0 Å². The van der Waals surface area contributed by atoms with Crippen LogP contribution in [0.1, 0.15) is 13.8 Å². The summed E-state index contributed by atoms with van der Waals surface area (Å²) in [6.45, 7) is 5.25. The molecule has 0 radical (unpaired) electrons. The molecule has 0 unspecified atom stereocenters. The SMILES string of the molecule is CCNC(=O)CBr.CCNC(=O)CI. The second kappa shape index (κ2) is 13.2. The van der Waals surface area contributed by atoms with Crippen molar-refractivity contribution in [2.24, 2.45) is 0 Å². The van der Waals surface area contributed by atoms with Crippen LogP contribution in [0.25, 0.3) is 0 Å². The fourth-order valence-electron chi connectivity index (χ4n) is 0.489. The van der Waals surface area contributed by atoms with E-state index in [9.17, 15) is 9.59 Å². The van der Waals surface area contributed by atoms with Crippen molar-refractivity contribution in [1.82, 2.24) is 10.6 Å². The van der Waals surface area contributed by atoms with Crippen LogP contribution < -0.4 is 10.6 Å². The number of nitrogens with one attached hydrogen (secondary N) is 2. The lowest BCUT2D eigenvalue weighted by Crippen LogP contribution is -2.23. The summed E-state index contributed by atoms with van der Waals surface area (Å²) in [7, 11) is 0. The van der Waals surface area contributed by atoms with Gasteiger partial charge < -0.3 is 10.6 Å². The minimum absolute atomic E-state index is 0.0440. The van der Waals surface area contributed by atoms with Crippen molar-refractivity contribution in [3.8, 4) is 0 Å². The molecule has 0 atom stereocenters. The van der Waals surface area contributed by atoms with Gasteiger partial charge in [-0.05, 0) is 13.8 Å². The molecule has 0 rings (SSSR count). The number of carbonyl (C=O) groups excluding carboxylic acids is 2. The minimum atomic E-state index is 0.0440. The summed E-state index contributed by atoms with van der Waals surface area (Å²) < 4.78 is 0.561. The Bertz CT molecular complexity index is 149. The molecule has 2 amide bonds. The molecule has 0 saturated heterocycles. The van der Waals surface area contributed by atoms with Crippen LogP contribution in [-0.2, 0) is 9.59 Å². The molecule has 0 fully saturated rings. The fourth-order valence-corrected chi connectivity index (χ4v) is 0.957. The molecule has 0 heterocycles. The molecule has 6 heteroatoms. The summed E-state index contributed by atoms with van der Waals surface area (Å²) in [5.74, 6) is 0.158. The predicted molar refractivity (Wildman–Crippen MR) is 70.0 cm³/mol. The van der Waals surface area contributed by atoms with Crippen molar-refractivity contribution in [1.29, 1.82) is 0 Å². The van der Waals surface area contributed by atoms with Gasteiger partial charge in [-0.2, -0.15) is 0 Å². The first-order valence-electron chi connectivity index (χ1n) is 4.27. The lowest BCUT2D eigenvalue weighted by molar-refractivity contribution is -0.119. The smallest absolute Gasteiger partial charge is 0.230 e. The third kappa shape index (κ3) is 14.7. The highest BCUT2D eigenvalue weighted by Crippen LogP contribution is 1.77. The van der Waals surface area contributed by atoms with Crippen LogP contribution in [0.5, 0.6) is 0 Å². The molecule has 0 saturated carbocycles. The van der Waals surface area contributed by atoms with Gasteiger partial charge in [-0.1, -0.05) is 38.5 Å². The Morgan fingerprint density at radius 1 is 1.14 bits per heavy atom. The van der Waals surface area contributed by atoms with Crippen molar-refractivity contribution in [3.63, 3.8) is 0 Å². The van der Waals surface area contributed by atoms with Gasteiger partial charge in [0.2, 0.25) is 11.8 Å². The lowest BCUT2D eigenvalue weighted by atomic mass is 10.6. The predicted octanol–water partition coefficient (Wildman–Crippen LogP) is 1.07. The Balaban J connectivity index is 0. The summed E-state index contributed by atoms with van der Waals surface area (Å²) in [4.78, 5) is 20.5. The Morgan fingerprint density at radius 3 is 1.71 bits per heavy atom. The first kappa shape index (κ1) is 16.6. The van der Waals surface area contributed by atoms with E-state index in [1.807, 2.05) is 36.4 Å². The van der Waals surface area contributed by atoms with Crippen LogP contribution in [0.3, 0.4) is 0 Å². The van der Waals surface area contributed by atoms with E-state index in [4.69, 9.17) is 0 Å². The average Bonchev–Trinajstić information content (AvgIpc) is 2.19. The molecule has 0 aliphatic rings. The summed E-state index contributed by atoms with van der Waals surface area (Å²) in [6.07, 6.45) is 0. The highest BCUT2D eigenvalue weighted by molar-refractivity contribution is 14.1. The molecule has 0 aromatic carbocycles. The first-order valence-corrected chi connectivity index (χ1v) is 6.92. The van der Waals surface area contributed by atoms with Crippen LogP contribution in [-0.4, -0.2) is 34.7 Å². The average molecular weight is 379 g/mol. The monoisotopic (exact) mass is 378 g/mol. The Kier molecular flexibility index (Phi) is 15.6. The van der Waals surface area contributed by atoms with E-state index >= 15 is 0 Å². The number of amides is 2. The summed E-state index contributed by atoms with van der Waals surface area (Å²) in [5.41, 5.74) is 0. The molecule has 2 N–H and O–H groups in total. The normalized spacial score (nSPS) is 8.29. The second-order valence-corrected chi connectivity index (χ2v) is 3.50. The van der Waals surface area contributed by atoms with Gasteiger partial charge in [-0.3, -0.25) is 9.59 Å². The van der Waals surface area contributed by atoms with Crippen molar-refractivity contribution >= 4 is 50.3 Å². The fraction of sp³-hybridized carbons (Fsp3) is 0.750. The standard InChI is InChI=1S/C4H8BrNO.C4H8INO/c2*1-2-6-4(7)3-5/h2*2-3H2,1H3,(H,6,7). The zero-order valence-electron chi connectivity index (χ0n) is 8.40. The Labute approximate surface area is 107 Å². The van der Waals surface area contributed by atoms with Crippen molar-refractivity contribution in [2.75, 3.05) is 22.8 Å². The first-order chi connectivity index (χ1) is 6.62. The van der Waals surface area contributed by atoms with E-state index in [0.717, 1.165) is 6.54 Å². The molecule has 0 aliphatic carbocycles. The van der Waals surface area contributed by atoms with E-state index in [1.54, 1.807) is 0 Å². The largest absolute Gasteiger partial charge is 0.356 e. The highest BCUT2D eigenvalue weighted by atomic mass is 127. The molecular formula is C8H16BrIN2O2. The molecule has 14 heavy (non-hydrogen) atoms.